The van der Waals surface area contributed by atoms with Crippen molar-refractivity contribution < 1.29 is 14.7 Å². The molecule has 1 aromatic rings. The predicted octanol–water partition coefficient (Wildman–Crippen LogP) is 1.68. The van der Waals surface area contributed by atoms with Gasteiger partial charge < -0.3 is 10.4 Å². The van der Waals surface area contributed by atoms with Gasteiger partial charge >= 0.3 is 5.97 Å². The highest BCUT2D eigenvalue weighted by Gasteiger charge is 2.22. The minimum Gasteiger partial charge on any atom is -0.480 e. The van der Waals surface area contributed by atoms with Gasteiger partial charge in [0.05, 0.1) is 11.3 Å². The van der Waals surface area contributed by atoms with E-state index in [0.717, 1.165) is 0 Å². The normalized spacial score (nSPS) is 12.5. The number of carbonyl (C=O) groups is 2. The van der Waals surface area contributed by atoms with Crippen LogP contribution in [0.2, 0.25) is 0 Å². The second kappa shape index (κ2) is 5.77. The van der Waals surface area contributed by atoms with Gasteiger partial charge in [0.2, 0.25) is 0 Å². The van der Waals surface area contributed by atoms with E-state index >= 15 is 0 Å². The minimum absolute atomic E-state index is 0.207. The summed E-state index contributed by atoms with van der Waals surface area (Å²) in [6, 6.07) is -0.846. The Morgan fingerprint density at radius 3 is 2.59 bits per heavy atom. The summed E-state index contributed by atoms with van der Waals surface area (Å²) in [7, 11) is 0. The van der Waals surface area contributed by atoms with Gasteiger partial charge in [-0.2, -0.15) is 4.37 Å². The van der Waals surface area contributed by atoms with Crippen molar-refractivity contribution in [3.8, 4) is 0 Å². The third-order valence-electron chi connectivity index (χ3n) is 2.31. The SMILES string of the molecule is Cc1nscc1C(=O)NC(CC(C)C)C(=O)O. The van der Waals surface area contributed by atoms with Gasteiger partial charge in [-0.15, -0.1) is 0 Å². The van der Waals surface area contributed by atoms with Gasteiger partial charge in [0.1, 0.15) is 6.04 Å². The van der Waals surface area contributed by atoms with Crippen molar-refractivity contribution in [2.45, 2.75) is 33.2 Å². The van der Waals surface area contributed by atoms with Crippen LogP contribution in [0.3, 0.4) is 0 Å². The lowest BCUT2D eigenvalue weighted by Crippen LogP contribution is -2.41. The number of nitrogens with zero attached hydrogens (tertiary/aromatic N) is 1. The van der Waals surface area contributed by atoms with Crippen LogP contribution in [-0.2, 0) is 4.79 Å². The third-order valence-corrected chi connectivity index (χ3v) is 3.03. The highest BCUT2D eigenvalue weighted by Crippen LogP contribution is 2.11. The van der Waals surface area contributed by atoms with E-state index in [0.29, 0.717) is 17.7 Å². The molecule has 0 saturated heterocycles. The second-order valence-corrected chi connectivity index (χ2v) is 4.94. The fourth-order valence-electron chi connectivity index (χ4n) is 1.44. The molecule has 2 N–H and O–H groups in total. The first-order valence-corrected chi connectivity index (χ1v) is 6.20. The fraction of sp³-hybridized carbons (Fsp3) is 0.545. The number of hydrogen-bond donors (Lipinski definition) is 2. The van der Waals surface area contributed by atoms with Crippen LogP contribution in [0.25, 0.3) is 0 Å². The molecule has 0 aliphatic heterocycles. The Balaban J connectivity index is 2.71. The van der Waals surface area contributed by atoms with Crippen LogP contribution in [-0.4, -0.2) is 27.4 Å². The molecular formula is C11H16N2O3S. The largest absolute Gasteiger partial charge is 0.480 e. The standard InChI is InChI=1S/C11H16N2O3S/c1-6(2)4-9(11(15)16)12-10(14)8-5-17-13-7(8)3/h5-6,9H,4H2,1-3H3,(H,12,14)(H,15,16). The summed E-state index contributed by atoms with van der Waals surface area (Å²) in [6.45, 7) is 5.56. The Hall–Kier alpha value is -1.43. The number of carboxylic acids is 1. The number of aliphatic carboxylic acids is 1. The number of carboxylic acid groups (broad SMARTS) is 1. The monoisotopic (exact) mass is 256 g/mol. The molecule has 1 atom stereocenters. The van der Waals surface area contributed by atoms with E-state index in [2.05, 4.69) is 9.69 Å². The van der Waals surface area contributed by atoms with Crippen LogP contribution >= 0.6 is 11.5 Å². The number of carbonyl (C=O) groups excluding carboxylic acids is 1. The molecule has 0 fully saturated rings. The molecule has 5 nitrogen and oxygen atoms in total. The first kappa shape index (κ1) is 13.6. The fourth-order valence-corrected chi connectivity index (χ4v) is 2.13. The zero-order chi connectivity index (χ0) is 13.0. The first-order valence-electron chi connectivity index (χ1n) is 5.36. The zero-order valence-electron chi connectivity index (χ0n) is 10.1. The number of rotatable bonds is 5. The Morgan fingerprint density at radius 1 is 1.53 bits per heavy atom. The highest BCUT2D eigenvalue weighted by atomic mass is 32.1. The number of nitrogens with one attached hydrogen (secondary N) is 1. The maximum Gasteiger partial charge on any atom is 0.326 e. The molecule has 1 rings (SSSR count). The molecule has 0 aromatic carbocycles. The van der Waals surface area contributed by atoms with Gasteiger partial charge in [-0.1, -0.05) is 13.8 Å². The molecule has 6 heteroatoms. The molecule has 0 aliphatic carbocycles. The first-order chi connectivity index (χ1) is 7.91. The Labute approximate surface area is 104 Å². The highest BCUT2D eigenvalue weighted by molar-refractivity contribution is 7.03. The van der Waals surface area contributed by atoms with Crippen LogP contribution in [0.1, 0.15) is 36.3 Å². The lowest BCUT2D eigenvalue weighted by atomic mass is 10.0. The van der Waals surface area contributed by atoms with Crippen LogP contribution in [0.4, 0.5) is 0 Å². The molecule has 1 heterocycles. The van der Waals surface area contributed by atoms with Gasteiger partial charge in [0.25, 0.3) is 5.91 Å². The quantitative estimate of drug-likeness (QED) is 0.840. The number of hydrogen-bond acceptors (Lipinski definition) is 4. The lowest BCUT2D eigenvalue weighted by molar-refractivity contribution is -0.139. The van der Waals surface area contributed by atoms with E-state index in [4.69, 9.17) is 5.11 Å². The second-order valence-electron chi connectivity index (χ2n) is 4.31. The summed E-state index contributed by atoms with van der Waals surface area (Å²) in [5.41, 5.74) is 1.08. The summed E-state index contributed by atoms with van der Waals surface area (Å²) in [5.74, 6) is -1.17. The molecule has 0 saturated carbocycles. The van der Waals surface area contributed by atoms with E-state index in [1.807, 2.05) is 13.8 Å². The van der Waals surface area contributed by atoms with Crippen LogP contribution < -0.4 is 5.32 Å². The zero-order valence-corrected chi connectivity index (χ0v) is 10.9. The van der Waals surface area contributed by atoms with Gasteiger partial charge in [-0.05, 0) is 30.8 Å². The van der Waals surface area contributed by atoms with Crippen LogP contribution in [0.5, 0.6) is 0 Å². The third kappa shape index (κ3) is 3.81. The molecule has 0 spiro atoms. The maximum atomic E-state index is 11.8. The summed E-state index contributed by atoms with van der Waals surface area (Å²) >= 11 is 1.19. The summed E-state index contributed by atoms with van der Waals surface area (Å²) in [4.78, 5) is 22.8. The Bertz CT molecular complexity index is 415. The summed E-state index contributed by atoms with van der Waals surface area (Å²) in [6.07, 6.45) is 0.414. The Kier molecular flexibility index (Phi) is 4.62. The van der Waals surface area contributed by atoms with Gasteiger partial charge in [-0.3, -0.25) is 4.79 Å². The Morgan fingerprint density at radius 2 is 2.18 bits per heavy atom. The molecule has 94 valence electrons. The molecule has 1 aromatic heterocycles. The average Bonchev–Trinajstić information content (AvgIpc) is 2.62. The number of amides is 1. The molecule has 1 unspecified atom stereocenters. The summed E-state index contributed by atoms with van der Waals surface area (Å²) < 4.78 is 3.98. The van der Waals surface area contributed by atoms with E-state index in [1.165, 1.54) is 11.5 Å². The lowest BCUT2D eigenvalue weighted by Gasteiger charge is -2.16. The maximum absolute atomic E-state index is 11.8. The van der Waals surface area contributed by atoms with Gasteiger partial charge in [-0.25, -0.2) is 4.79 Å². The van der Waals surface area contributed by atoms with E-state index < -0.39 is 12.0 Å². The van der Waals surface area contributed by atoms with Crippen molar-refractivity contribution in [3.05, 3.63) is 16.6 Å². The van der Waals surface area contributed by atoms with Crippen molar-refractivity contribution in [2.75, 3.05) is 0 Å². The van der Waals surface area contributed by atoms with E-state index in [-0.39, 0.29) is 11.8 Å². The van der Waals surface area contributed by atoms with Gasteiger partial charge in [0.15, 0.2) is 0 Å². The minimum atomic E-state index is -1.01. The number of aryl methyl sites for hydroxylation is 1. The van der Waals surface area contributed by atoms with E-state index in [9.17, 15) is 9.59 Å². The van der Waals surface area contributed by atoms with Gasteiger partial charge in [0, 0.05) is 5.38 Å². The average molecular weight is 256 g/mol. The van der Waals surface area contributed by atoms with Crippen molar-refractivity contribution in [2.24, 2.45) is 5.92 Å². The molecule has 0 aliphatic rings. The van der Waals surface area contributed by atoms with Crippen molar-refractivity contribution in [1.29, 1.82) is 0 Å². The topological polar surface area (TPSA) is 79.3 Å². The predicted molar refractivity (Wildman–Crippen MR) is 65.2 cm³/mol. The molecule has 0 bridgehead atoms. The van der Waals surface area contributed by atoms with Crippen molar-refractivity contribution in [1.82, 2.24) is 9.69 Å². The van der Waals surface area contributed by atoms with Crippen LogP contribution in [0, 0.1) is 12.8 Å². The van der Waals surface area contributed by atoms with Crippen LogP contribution in [0.15, 0.2) is 5.38 Å². The molecule has 0 radical (unpaired) electrons. The van der Waals surface area contributed by atoms with Crippen molar-refractivity contribution >= 4 is 23.4 Å². The molecular weight excluding hydrogens is 240 g/mol. The molecule has 1 amide bonds. The van der Waals surface area contributed by atoms with Crippen molar-refractivity contribution in [3.63, 3.8) is 0 Å². The molecule has 17 heavy (non-hydrogen) atoms. The number of aromatic nitrogens is 1. The van der Waals surface area contributed by atoms with E-state index in [1.54, 1.807) is 12.3 Å². The smallest absolute Gasteiger partial charge is 0.326 e. The summed E-state index contributed by atoms with van der Waals surface area (Å²) in [5, 5.41) is 13.2.